The second-order valence-corrected chi connectivity index (χ2v) is 3.96. The fourth-order valence-electron chi connectivity index (χ4n) is 1.82. The van der Waals surface area contributed by atoms with Crippen molar-refractivity contribution in [1.82, 2.24) is 5.32 Å². The lowest BCUT2D eigenvalue weighted by Crippen LogP contribution is -2.04. The van der Waals surface area contributed by atoms with Gasteiger partial charge >= 0.3 is 0 Å². The average Bonchev–Trinajstić information content (AvgIpc) is 2.40. The van der Waals surface area contributed by atoms with Gasteiger partial charge in [-0.2, -0.15) is 0 Å². The Morgan fingerprint density at radius 2 is 1.76 bits per heavy atom. The summed E-state index contributed by atoms with van der Waals surface area (Å²) < 4.78 is 5.23. The van der Waals surface area contributed by atoms with E-state index in [9.17, 15) is 0 Å². The standard InChI is InChI=1S/C15H17NO/c1-16-11-12-6-8-13(9-7-12)14-4-3-5-15(10-14)17-2/h3-10,16H,11H2,1-2H3. The molecule has 17 heavy (non-hydrogen) atoms. The van der Waals surface area contributed by atoms with E-state index in [4.69, 9.17) is 4.74 Å². The molecule has 0 saturated heterocycles. The Kier molecular flexibility index (Phi) is 3.78. The molecular weight excluding hydrogens is 210 g/mol. The van der Waals surface area contributed by atoms with Gasteiger partial charge in [-0.15, -0.1) is 0 Å². The van der Waals surface area contributed by atoms with Gasteiger partial charge in [-0.3, -0.25) is 0 Å². The van der Waals surface area contributed by atoms with Crippen LogP contribution in [0.4, 0.5) is 0 Å². The average molecular weight is 227 g/mol. The molecule has 0 radical (unpaired) electrons. The Morgan fingerprint density at radius 1 is 1.00 bits per heavy atom. The van der Waals surface area contributed by atoms with Crippen LogP contribution in [0, 0.1) is 0 Å². The summed E-state index contributed by atoms with van der Waals surface area (Å²) in [6.07, 6.45) is 0. The van der Waals surface area contributed by atoms with Gasteiger partial charge in [0.05, 0.1) is 7.11 Å². The zero-order chi connectivity index (χ0) is 12.1. The summed E-state index contributed by atoms with van der Waals surface area (Å²) in [6, 6.07) is 16.7. The van der Waals surface area contributed by atoms with Crippen molar-refractivity contribution in [2.24, 2.45) is 0 Å². The van der Waals surface area contributed by atoms with Crippen LogP contribution in [0.1, 0.15) is 5.56 Å². The van der Waals surface area contributed by atoms with Gasteiger partial charge in [0, 0.05) is 6.54 Å². The number of hydrogen-bond acceptors (Lipinski definition) is 2. The number of nitrogens with one attached hydrogen (secondary N) is 1. The molecule has 0 saturated carbocycles. The van der Waals surface area contributed by atoms with Crippen LogP contribution in [-0.4, -0.2) is 14.2 Å². The molecule has 0 bridgehead atoms. The van der Waals surface area contributed by atoms with E-state index in [1.165, 1.54) is 16.7 Å². The SMILES string of the molecule is CNCc1ccc(-c2cccc(OC)c2)cc1. The molecule has 0 amide bonds. The lowest BCUT2D eigenvalue weighted by molar-refractivity contribution is 0.415. The number of methoxy groups -OCH3 is 1. The van der Waals surface area contributed by atoms with Gasteiger partial charge in [-0.05, 0) is 35.9 Å². The van der Waals surface area contributed by atoms with Crippen molar-refractivity contribution in [2.45, 2.75) is 6.54 Å². The summed E-state index contributed by atoms with van der Waals surface area (Å²) in [4.78, 5) is 0. The molecule has 0 spiro atoms. The maximum Gasteiger partial charge on any atom is 0.119 e. The van der Waals surface area contributed by atoms with Gasteiger partial charge in [-0.1, -0.05) is 36.4 Å². The van der Waals surface area contributed by atoms with Gasteiger partial charge in [0.2, 0.25) is 0 Å². The zero-order valence-electron chi connectivity index (χ0n) is 10.2. The predicted molar refractivity (Wildman–Crippen MR) is 71.2 cm³/mol. The van der Waals surface area contributed by atoms with E-state index in [0.717, 1.165) is 12.3 Å². The minimum absolute atomic E-state index is 0.891. The summed E-state index contributed by atoms with van der Waals surface area (Å²) in [5.41, 5.74) is 3.68. The molecule has 1 N–H and O–H groups in total. The maximum absolute atomic E-state index is 5.23. The van der Waals surface area contributed by atoms with E-state index in [1.54, 1.807) is 7.11 Å². The molecule has 0 heterocycles. The van der Waals surface area contributed by atoms with Crippen LogP contribution in [-0.2, 0) is 6.54 Å². The molecule has 2 aromatic rings. The summed E-state index contributed by atoms with van der Waals surface area (Å²) >= 11 is 0. The van der Waals surface area contributed by atoms with E-state index < -0.39 is 0 Å². The molecule has 88 valence electrons. The van der Waals surface area contributed by atoms with Gasteiger partial charge in [0.1, 0.15) is 5.75 Å². The minimum atomic E-state index is 0.891. The molecule has 0 unspecified atom stereocenters. The molecule has 0 aromatic heterocycles. The van der Waals surface area contributed by atoms with Crippen LogP contribution < -0.4 is 10.1 Å². The monoisotopic (exact) mass is 227 g/mol. The number of benzene rings is 2. The van der Waals surface area contributed by atoms with Crippen molar-refractivity contribution in [1.29, 1.82) is 0 Å². The van der Waals surface area contributed by atoms with Crippen molar-refractivity contribution in [3.05, 3.63) is 54.1 Å². The highest BCUT2D eigenvalue weighted by Gasteiger charge is 1.99. The second-order valence-electron chi connectivity index (χ2n) is 3.96. The number of rotatable bonds is 4. The summed E-state index contributed by atoms with van der Waals surface area (Å²) in [7, 11) is 3.64. The molecule has 0 aliphatic heterocycles. The second kappa shape index (κ2) is 5.51. The minimum Gasteiger partial charge on any atom is -0.497 e. The Morgan fingerprint density at radius 3 is 2.41 bits per heavy atom. The first-order valence-corrected chi connectivity index (χ1v) is 5.71. The Balaban J connectivity index is 2.26. The van der Waals surface area contributed by atoms with Crippen molar-refractivity contribution >= 4 is 0 Å². The van der Waals surface area contributed by atoms with E-state index >= 15 is 0 Å². The molecule has 2 heteroatoms. The molecule has 0 atom stereocenters. The van der Waals surface area contributed by atoms with E-state index in [0.29, 0.717) is 0 Å². The molecule has 0 fully saturated rings. The van der Waals surface area contributed by atoms with Gasteiger partial charge < -0.3 is 10.1 Å². The van der Waals surface area contributed by atoms with Crippen molar-refractivity contribution in [3.8, 4) is 16.9 Å². The summed E-state index contributed by atoms with van der Waals surface area (Å²) in [5.74, 6) is 0.891. The highest BCUT2D eigenvalue weighted by atomic mass is 16.5. The first kappa shape index (κ1) is 11.7. The Labute approximate surface area is 102 Å². The third-order valence-electron chi connectivity index (χ3n) is 2.74. The van der Waals surface area contributed by atoms with Crippen molar-refractivity contribution < 1.29 is 4.74 Å². The third-order valence-corrected chi connectivity index (χ3v) is 2.74. The highest BCUT2D eigenvalue weighted by molar-refractivity contribution is 5.65. The Bertz CT molecular complexity index is 477. The van der Waals surface area contributed by atoms with Crippen LogP contribution >= 0.6 is 0 Å². The van der Waals surface area contributed by atoms with E-state index in [2.05, 4.69) is 35.6 Å². The van der Waals surface area contributed by atoms with Crippen LogP contribution in [0.3, 0.4) is 0 Å². The van der Waals surface area contributed by atoms with Gasteiger partial charge in [0.15, 0.2) is 0 Å². The van der Waals surface area contributed by atoms with Gasteiger partial charge in [-0.25, -0.2) is 0 Å². The summed E-state index contributed by atoms with van der Waals surface area (Å²) in [5, 5.41) is 3.14. The third kappa shape index (κ3) is 2.86. The molecule has 2 aromatic carbocycles. The van der Waals surface area contributed by atoms with Crippen LogP contribution in [0.5, 0.6) is 5.75 Å². The van der Waals surface area contributed by atoms with E-state index in [1.807, 2.05) is 25.2 Å². The molecule has 0 aliphatic rings. The van der Waals surface area contributed by atoms with Crippen LogP contribution in [0.25, 0.3) is 11.1 Å². The predicted octanol–water partition coefficient (Wildman–Crippen LogP) is 3.08. The van der Waals surface area contributed by atoms with Crippen molar-refractivity contribution in [3.63, 3.8) is 0 Å². The van der Waals surface area contributed by atoms with E-state index in [-0.39, 0.29) is 0 Å². The number of ether oxygens (including phenoxy) is 1. The lowest BCUT2D eigenvalue weighted by Gasteiger charge is -2.06. The molecular formula is C15H17NO. The zero-order valence-corrected chi connectivity index (χ0v) is 10.2. The number of hydrogen-bond donors (Lipinski definition) is 1. The first-order valence-electron chi connectivity index (χ1n) is 5.71. The largest absolute Gasteiger partial charge is 0.497 e. The summed E-state index contributed by atoms with van der Waals surface area (Å²) in [6.45, 7) is 0.901. The van der Waals surface area contributed by atoms with Gasteiger partial charge in [0.25, 0.3) is 0 Å². The molecule has 2 rings (SSSR count). The highest BCUT2D eigenvalue weighted by Crippen LogP contribution is 2.23. The maximum atomic E-state index is 5.23. The smallest absolute Gasteiger partial charge is 0.119 e. The first-order chi connectivity index (χ1) is 8.33. The Hall–Kier alpha value is -1.80. The topological polar surface area (TPSA) is 21.3 Å². The molecule has 2 nitrogen and oxygen atoms in total. The quantitative estimate of drug-likeness (QED) is 0.866. The lowest BCUT2D eigenvalue weighted by atomic mass is 10.0. The van der Waals surface area contributed by atoms with Crippen molar-refractivity contribution in [2.75, 3.05) is 14.2 Å². The fourth-order valence-corrected chi connectivity index (χ4v) is 1.82. The fraction of sp³-hybridized carbons (Fsp3) is 0.200. The normalized spacial score (nSPS) is 10.2. The van der Waals surface area contributed by atoms with Crippen LogP contribution in [0.2, 0.25) is 0 Å². The molecule has 0 aliphatic carbocycles. The van der Waals surface area contributed by atoms with Crippen LogP contribution in [0.15, 0.2) is 48.5 Å².